The van der Waals surface area contributed by atoms with Gasteiger partial charge in [0.05, 0.1) is 36.8 Å². The number of carbonyl (C=O) groups excluding carboxylic acids is 1. The van der Waals surface area contributed by atoms with Gasteiger partial charge in [0.2, 0.25) is 0 Å². The van der Waals surface area contributed by atoms with E-state index in [9.17, 15) is 9.00 Å². The number of carbonyl (C=O) groups is 1. The summed E-state index contributed by atoms with van der Waals surface area (Å²) in [5.41, 5.74) is 3.93. The van der Waals surface area contributed by atoms with Crippen molar-refractivity contribution in [3.05, 3.63) is 58.1 Å². The zero-order chi connectivity index (χ0) is 33.0. The van der Waals surface area contributed by atoms with Gasteiger partial charge in [-0.15, -0.1) is 0 Å². The summed E-state index contributed by atoms with van der Waals surface area (Å²) in [6.45, 7) is 10.2. The normalized spacial score (nSPS) is 37.3. The van der Waals surface area contributed by atoms with Crippen molar-refractivity contribution in [1.82, 2.24) is 9.62 Å². The summed E-state index contributed by atoms with van der Waals surface area (Å²) in [6, 6.07) is 12.4. The summed E-state index contributed by atoms with van der Waals surface area (Å²) in [4.78, 5) is 18.5. The number of nitrogens with one attached hydrogen (secondary N) is 1. The molecule has 8 rings (SSSR count). The molecular weight excluding hydrogens is 646 g/mol. The Morgan fingerprint density at radius 2 is 1.81 bits per heavy atom. The molecule has 7 unspecified atom stereocenters. The third kappa shape index (κ3) is 6.21. The highest BCUT2D eigenvalue weighted by atomic mass is 35.5. The van der Waals surface area contributed by atoms with Gasteiger partial charge in [0.1, 0.15) is 16.7 Å². The molecule has 0 aromatic heterocycles. The van der Waals surface area contributed by atoms with Crippen molar-refractivity contribution in [3.63, 3.8) is 0 Å². The summed E-state index contributed by atoms with van der Waals surface area (Å²) < 4.78 is 36.1. The summed E-state index contributed by atoms with van der Waals surface area (Å²) in [7, 11) is -1.49. The highest BCUT2D eigenvalue weighted by Gasteiger charge is 2.47. The lowest BCUT2D eigenvalue weighted by Crippen LogP contribution is -2.55. The van der Waals surface area contributed by atoms with Gasteiger partial charge in [0.25, 0.3) is 5.91 Å². The van der Waals surface area contributed by atoms with Gasteiger partial charge in [-0.1, -0.05) is 31.0 Å². The van der Waals surface area contributed by atoms with Crippen molar-refractivity contribution in [2.45, 2.75) is 88.2 Å². The maximum Gasteiger partial charge on any atom is 0.263 e. The van der Waals surface area contributed by atoms with Crippen molar-refractivity contribution in [2.75, 3.05) is 50.9 Å². The third-order valence-electron chi connectivity index (χ3n) is 12.7. The van der Waals surface area contributed by atoms with E-state index in [1.807, 2.05) is 31.2 Å². The van der Waals surface area contributed by atoms with Gasteiger partial charge < -0.3 is 19.1 Å². The standard InChI is InChI=1S/C38H50ClN3O5S/c1-24-5-3-6-32(37-45-20-30(21-46-37)41-15-4-16-41)31-10-7-28(31)19-42-22-38(14-13-26-17-29(39)9-11-33(26)38)23-47-35-12-8-27(18-34(35)42)36(43)40-48(44)25(24)2/h8-9,11-12,17-18,24-25,28,30-32,37H,3-7,10,13-16,19-23H2,1-2H3,(H,40,43). The predicted octanol–water partition coefficient (Wildman–Crippen LogP) is 6.11. The molecule has 4 heterocycles. The van der Waals surface area contributed by atoms with Crippen molar-refractivity contribution < 1.29 is 23.2 Å². The van der Waals surface area contributed by atoms with E-state index in [0.717, 1.165) is 88.0 Å². The average molecular weight is 696 g/mol. The molecule has 2 bridgehead atoms. The molecule has 2 aromatic rings. The van der Waals surface area contributed by atoms with Gasteiger partial charge >= 0.3 is 0 Å². The van der Waals surface area contributed by atoms with Gasteiger partial charge in [-0.2, -0.15) is 0 Å². The van der Waals surface area contributed by atoms with Crippen LogP contribution in [0.1, 0.15) is 80.3 Å². The number of amides is 1. The number of fused-ring (bicyclic) bond motifs is 4. The van der Waals surface area contributed by atoms with Crippen molar-refractivity contribution >= 4 is 34.2 Å². The lowest BCUT2D eigenvalue weighted by Gasteiger charge is -2.49. The SMILES string of the molecule is CC1CCCC(C2OCC(N3CCC3)CO2)C2CCC2CN2CC3(CCc4cc(Cl)ccc43)COc3ccc(cc32)C(=O)NS(=O)C1C. The monoisotopic (exact) mass is 695 g/mol. The molecule has 10 heteroatoms. The molecule has 48 heavy (non-hydrogen) atoms. The molecule has 4 aliphatic heterocycles. The molecule has 1 N–H and O–H groups in total. The zero-order valence-electron chi connectivity index (χ0n) is 28.3. The van der Waals surface area contributed by atoms with Gasteiger partial charge in [-0.25, -0.2) is 4.21 Å². The summed E-state index contributed by atoms with van der Waals surface area (Å²) in [6.07, 6.45) is 8.40. The molecule has 1 spiro atoms. The van der Waals surface area contributed by atoms with E-state index in [-0.39, 0.29) is 28.8 Å². The molecule has 1 amide bonds. The maximum atomic E-state index is 13.5. The number of anilines is 1. The second-order valence-corrected chi connectivity index (χ2v) is 17.5. The lowest BCUT2D eigenvalue weighted by atomic mass is 9.65. The van der Waals surface area contributed by atoms with E-state index < -0.39 is 11.0 Å². The molecule has 2 saturated heterocycles. The molecule has 1 saturated carbocycles. The van der Waals surface area contributed by atoms with Crippen LogP contribution in [-0.4, -0.2) is 78.6 Å². The smallest absolute Gasteiger partial charge is 0.263 e. The minimum absolute atomic E-state index is 0.160. The first kappa shape index (κ1) is 33.0. The third-order valence-corrected chi connectivity index (χ3v) is 14.5. The minimum Gasteiger partial charge on any atom is -0.490 e. The van der Waals surface area contributed by atoms with Crippen LogP contribution in [-0.2, 0) is 32.3 Å². The number of halogens is 1. The summed E-state index contributed by atoms with van der Waals surface area (Å²) >= 11 is 6.44. The maximum absolute atomic E-state index is 13.5. The topological polar surface area (TPSA) is 80.3 Å². The van der Waals surface area contributed by atoms with Crippen LogP contribution in [0.25, 0.3) is 0 Å². The van der Waals surface area contributed by atoms with Crippen LogP contribution in [0.2, 0.25) is 5.02 Å². The minimum atomic E-state index is -1.49. The quantitative estimate of drug-likeness (QED) is 0.406. The lowest BCUT2D eigenvalue weighted by molar-refractivity contribution is -0.246. The van der Waals surface area contributed by atoms with E-state index in [1.54, 1.807) is 0 Å². The van der Waals surface area contributed by atoms with Crippen LogP contribution in [0.5, 0.6) is 5.75 Å². The molecule has 2 aliphatic carbocycles. The number of benzene rings is 2. The molecular formula is C38H50ClN3O5S. The molecule has 8 nitrogen and oxygen atoms in total. The Bertz CT molecular complexity index is 1550. The Hall–Kier alpha value is -2.17. The number of ether oxygens (including phenoxy) is 3. The van der Waals surface area contributed by atoms with Gasteiger partial charge in [0, 0.05) is 35.0 Å². The van der Waals surface area contributed by atoms with Gasteiger partial charge in [-0.05, 0) is 124 Å². The fourth-order valence-corrected chi connectivity index (χ4v) is 10.5. The average Bonchev–Trinajstić information content (AvgIpc) is 3.31. The van der Waals surface area contributed by atoms with Crippen LogP contribution >= 0.6 is 11.6 Å². The second-order valence-electron chi connectivity index (χ2n) is 15.5. The number of hydrogen-bond donors (Lipinski definition) is 1. The van der Waals surface area contributed by atoms with Crippen LogP contribution in [0.4, 0.5) is 5.69 Å². The van der Waals surface area contributed by atoms with E-state index in [0.29, 0.717) is 36.0 Å². The Morgan fingerprint density at radius 1 is 0.979 bits per heavy atom. The second kappa shape index (κ2) is 13.5. The zero-order valence-corrected chi connectivity index (χ0v) is 29.9. The number of rotatable bonds is 2. The molecule has 7 atom stereocenters. The molecule has 2 aromatic carbocycles. The summed E-state index contributed by atoms with van der Waals surface area (Å²) in [5.74, 6) is 2.01. The Labute approximate surface area is 292 Å². The van der Waals surface area contributed by atoms with Crippen LogP contribution in [0, 0.1) is 23.7 Å². The Morgan fingerprint density at radius 3 is 2.56 bits per heavy atom. The van der Waals surface area contributed by atoms with Crippen LogP contribution < -0.4 is 14.4 Å². The predicted molar refractivity (Wildman–Crippen MR) is 189 cm³/mol. The first-order chi connectivity index (χ1) is 23.3. The van der Waals surface area contributed by atoms with Crippen molar-refractivity contribution in [3.8, 4) is 5.75 Å². The Kier molecular flexibility index (Phi) is 9.29. The van der Waals surface area contributed by atoms with Crippen LogP contribution in [0.3, 0.4) is 0 Å². The van der Waals surface area contributed by atoms with E-state index in [2.05, 4.69) is 33.6 Å². The number of aryl methyl sites for hydroxylation is 1. The highest BCUT2D eigenvalue weighted by Crippen LogP contribution is 2.49. The van der Waals surface area contributed by atoms with Gasteiger partial charge in [-0.3, -0.25) is 14.4 Å². The van der Waals surface area contributed by atoms with Crippen molar-refractivity contribution in [1.29, 1.82) is 0 Å². The van der Waals surface area contributed by atoms with Crippen LogP contribution in [0.15, 0.2) is 36.4 Å². The van der Waals surface area contributed by atoms with E-state index >= 15 is 0 Å². The first-order valence-electron chi connectivity index (χ1n) is 18.3. The fourth-order valence-electron chi connectivity index (χ4n) is 9.27. The van der Waals surface area contributed by atoms with E-state index in [4.69, 9.17) is 25.8 Å². The van der Waals surface area contributed by atoms with E-state index in [1.165, 1.54) is 30.4 Å². The molecule has 0 radical (unpaired) electrons. The molecule has 3 fully saturated rings. The number of hydrogen-bond acceptors (Lipinski definition) is 7. The molecule has 260 valence electrons. The fraction of sp³-hybridized carbons (Fsp3) is 0.658. The Balaban J connectivity index is 1.12. The summed E-state index contributed by atoms with van der Waals surface area (Å²) in [5, 5.41) is 0.616. The largest absolute Gasteiger partial charge is 0.490 e. The number of likely N-dealkylation sites (tertiary alicyclic amines) is 1. The highest BCUT2D eigenvalue weighted by molar-refractivity contribution is 7.84. The molecule has 6 aliphatic rings. The van der Waals surface area contributed by atoms with Crippen molar-refractivity contribution in [2.24, 2.45) is 23.7 Å². The first-order valence-corrected chi connectivity index (χ1v) is 19.9. The van der Waals surface area contributed by atoms with Gasteiger partial charge in [0.15, 0.2) is 6.29 Å². The number of nitrogens with zero attached hydrogens (tertiary/aromatic N) is 2.